The first-order chi connectivity index (χ1) is 8.91. The Morgan fingerprint density at radius 2 is 1.60 bits per heavy atom. The van der Waals surface area contributed by atoms with E-state index in [1.54, 1.807) is 0 Å². The molecule has 0 spiro atoms. The highest BCUT2D eigenvalue weighted by Gasteiger charge is 2.27. The van der Waals surface area contributed by atoms with Gasteiger partial charge >= 0.3 is 0 Å². The standard InChI is InChI=1S/C12H15ClN2O3S.ClH/c1-14-6-8-15(9-7-14)19(17,18)11-4-2-10(3-5-11)12(13)16;/h2-5H,6-9H2,1H3;1H. The van der Waals surface area contributed by atoms with E-state index >= 15 is 0 Å². The maximum Gasteiger partial charge on any atom is 0.252 e. The van der Waals surface area contributed by atoms with E-state index in [-0.39, 0.29) is 17.3 Å². The van der Waals surface area contributed by atoms with Gasteiger partial charge in [-0.25, -0.2) is 8.42 Å². The molecule has 1 aliphatic rings. The van der Waals surface area contributed by atoms with Gasteiger partial charge in [-0.3, -0.25) is 4.79 Å². The van der Waals surface area contributed by atoms with Gasteiger partial charge in [0.05, 0.1) is 4.90 Å². The van der Waals surface area contributed by atoms with Crippen LogP contribution in [0.1, 0.15) is 10.4 Å². The van der Waals surface area contributed by atoms with Crippen LogP contribution in [0.25, 0.3) is 0 Å². The van der Waals surface area contributed by atoms with Gasteiger partial charge in [0.1, 0.15) is 0 Å². The third-order valence-electron chi connectivity index (χ3n) is 3.18. The van der Waals surface area contributed by atoms with Gasteiger partial charge in [0.25, 0.3) is 5.24 Å². The second-order valence-electron chi connectivity index (χ2n) is 4.51. The fourth-order valence-corrected chi connectivity index (χ4v) is 3.48. The molecular weight excluding hydrogens is 323 g/mol. The minimum atomic E-state index is -3.48. The number of hydrogen-bond acceptors (Lipinski definition) is 4. The van der Waals surface area contributed by atoms with Crippen molar-refractivity contribution < 1.29 is 13.2 Å². The van der Waals surface area contributed by atoms with E-state index < -0.39 is 15.3 Å². The highest BCUT2D eigenvalue weighted by Crippen LogP contribution is 2.18. The van der Waals surface area contributed by atoms with Crippen LogP contribution < -0.4 is 0 Å². The first-order valence-corrected chi connectivity index (χ1v) is 7.71. The SMILES string of the molecule is CN1CCN(S(=O)(=O)c2ccc(C(=O)Cl)cc2)CC1.Cl. The van der Waals surface area contributed by atoms with E-state index in [0.717, 1.165) is 13.1 Å². The number of carbonyl (C=O) groups is 1. The van der Waals surface area contributed by atoms with Gasteiger partial charge in [0, 0.05) is 31.7 Å². The highest BCUT2D eigenvalue weighted by molar-refractivity contribution is 7.89. The van der Waals surface area contributed by atoms with Gasteiger partial charge in [0.2, 0.25) is 10.0 Å². The predicted octanol–water partition coefficient (Wildman–Crippen LogP) is 1.42. The minimum Gasteiger partial charge on any atom is -0.304 e. The summed E-state index contributed by atoms with van der Waals surface area (Å²) in [5.41, 5.74) is 0.291. The zero-order chi connectivity index (χ0) is 14.0. The van der Waals surface area contributed by atoms with E-state index in [0.29, 0.717) is 18.7 Å². The Morgan fingerprint density at radius 1 is 1.10 bits per heavy atom. The van der Waals surface area contributed by atoms with Crippen LogP contribution in [0.15, 0.2) is 29.2 Å². The van der Waals surface area contributed by atoms with Crippen molar-refractivity contribution >= 4 is 39.3 Å². The van der Waals surface area contributed by atoms with Crippen LogP contribution in [0.2, 0.25) is 0 Å². The minimum absolute atomic E-state index is 0. The van der Waals surface area contributed by atoms with Crippen molar-refractivity contribution in [3.63, 3.8) is 0 Å². The maximum atomic E-state index is 12.4. The Morgan fingerprint density at radius 3 is 2.05 bits per heavy atom. The lowest BCUT2D eigenvalue weighted by molar-refractivity contribution is 0.108. The van der Waals surface area contributed by atoms with E-state index in [4.69, 9.17) is 11.6 Å². The highest BCUT2D eigenvalue weighted by atomic mass is 35.5. The van der Waals surface area contributed by atoms with Crippen LogP contribution in [0.4, 0.5) is 0 Å². The number of halogens is 2. The second kappa shape index (κ2) is 6.87. The molecule has 20 heavy (non-hydrogen) atoms. The first kappa shape index (κ1) is 17.4. The third kappa shape index (κ3) is 3.71. The van der Waals surface area contributed by atoms with Gasteiger partial charge in [-0.1, -0.05) is 0 Å². The van der Waals surface area contributed by atoms with Crippen LogP contribution >= 0.6 is 24.0 Å². The third-order valence-corrected chi connectivity index (χ3v) is 5.31. The lowest BCUT2D eigenvalue weighted by atomic mass is 10.2. The van der Waals surface area contributed by atoms with E-state index in [1.165, 1.54) is 28.6 Å². The molecule has 1 heterocycles. The molecule has 1 saturated heterocycles. The summed E-state index contributed by atoms with van der Waals surface area (Å²) in [6.07, 6.45) is 0. The van der Waals surface area contributed by atoms with Crippen molar-refractivity contribution in [2.24, 2.45) is 0 Å². The molecule has 2 rings (SSSR count). The van der Waals surface area contributed by atoms with Gasteiger partial charge in [-0.05, 0) is 42.9 Å². The summed E-state index contributed by atoms with van der Waals surface area (Å²) >= 11 is 5.33. The van der Waals surface area contributed by atoms with Crippen LogP contribution in [0.5, 0.6) is 0 Å². The van der Waals surface area contributed by atoms with Gasteiger partial charge < -0.3 is 4.90 Å². The zero-order valence-electron chi connectivity index (χ0n) is 11.0. The van der Waals surface area contributed by atoms with Crippen LogP contribution in [-0.4, -0.2) is 56.1 Å². The second-order valence-corrected chi connectivity index (χ2v) is 6.79. The van der Waals surface area contributed by atoms with Crippen LogP contribution in [0, 0.1) is 0 Å². The molecule has 1 fully saturated rings. The Bertz CT molecular complexity index is 567. The largest absolute Gasteiger partial charge is 0.304 e. The summed E-state index contributed by atoms with van der Waals surface area (Å²) in [4.78, 5) is 13.2. The topological polar surface area (TPSA) is 57.7 Å². The molecule has 0 amide bonds. The smallest absolute Gasteiger partial charge is 0.252 e. The molecule has 0 unspecified atom stereocenters. The van der Waals surface area contributed by atoms with Crippen molar-refractivity contribution in [1.82, 2.24) is 9.21 Å². The van der Waals surface area contributed by atoms with Gasteiger partial charge in [-0.15, -0.1) is 12.4 Å². The normalized spacial score (nSPS) is 17.5. The monoisotopic (exact) mass is 338 g/mol. The summed E-state index contributed by atoms with van der Waals surface area (Å²) < 4.78 is 26.2. The lowest BCUT2D eigenvalue weighted by Crippen LogP contribution is -2.46. The molecular formula is C12H16Cl2N2O3S. The number of likely N-dealkylation sites (N-methyl/N-ethyl adjacent to an activating group) is 1. The fourth-order valence-electron chi connectivity index (χ4n) is 1.94. The maximum absolute atomic E-state index is 12.4. The number of piperazine rings is 1. The molecule has 0 aromatic heterocycles. The summed E-state index contributed by atoms with van der Waals surface area (Å²) in [6.45, 7) is 2.40. The molecule has 0 N–H and O–H groups in total. The van der Waals surface area contributed by atoms with Crippen LogP contribution in [0.3, 0.4) is 0 Å². The molecule has 0 radical (unpaired) electrons. The van der Waals surface area contributed by atoms with E-state index in [9.17, 15) is 13.2 Å². The van der Waals surface area contributed by atoms with Gasteiger partial charge in [0.15, 0.2) is 0 Å². The number of benzene rings is 1. The molecule has 5 nitrogen and oxygen atoms in total. The molecule has 0 bridgehead atoms. The summed E-state index contributed by atoms with van der Waals surface area (Å²) in [5, 5.41) is -0.594. The Labute approximate surface area is 130 Å². The quantitative estimate of drug-likeness (QED) is 0.782. The van der Waals surface area contributed by atoms with Crippen molar-refractivity contribution in [3.8, 4) is 0 Å². The van der Waals surface area contributed by atoms with Crippen molar-refractivity contribution in [2.75, 3.05) is 33.2 Å². The molecule has 1 aromatic rings. The molecule has 8 heteroatoms. The molecule has 1 aliphatic heterocycles. The zero-order valence-corrected chi connectivity index (χ0v) is 13.3. The number of rotatable bonds is 3. The molecule has 0 saturated carbocycles. The molecule has 0 atom stereocenters. The van der Waals surface area contributed by atoms with E-state index in [2.05, 4.69) is 4.90 Å². The average Bonchev–Trinajstić information content (AvgIpc) is 2.39. The van der Waals surface area contributed by atoms with E-state index in [1.807, 2.05) is 7.05 Å². The fraction of sp³-hybridized carbons (Fsp3) is 0.417. The summed E-state index contributed by atoms with van der Waals surface area (Å²) in [7, 11) is -1.51. The predicted molar refractivity (Wildman–Crippen MR) is 80.1 cm³/mol. The number of hydrogen-bond donors (Lipinski definition) is 0. The Hall–Kier alpha value is -0.660. The number of nitrogens with zero attached hydrogens (tertiary/aromatic N) is 2. The lowest BCUT2D eigenvalue weighted by Gasteiger charge is -2.31. The van der Waals surface area contributed by atoms with Crippen molar-refractivity contribution in [2.45, 2.75) is 4.90 Å². The number of sulfonamides is 1. The van der Waals surface area contributed by atoms with Crippen molar-refractivity contribution in [3.05, 3.63) is 29.8 Å². The summed E-state index contributed by atoms with van der Waals surface area (Å²) in [5.74, 6) is 0. The Kier molecular flexibility index (Phi) is 5.97. The van der Waals surface area contributed by atoms with Crippen molar-refractivity contribution in [1.29, 1.82) is 0 Å². The first-order valence-electron chi connectivity index (χ1n) is 5.90. The average molecular weight is 339 g/mol. The molecule has 0 aliphatic carbocycles. The Balaban J connectivity index is 0.00000200. The van der Waals surface area contributed by atoms with Gasteiger partial charge in [-0.2, -0.15) is 4.31 Å². The number of carbonyl (C=O) groups excluding carboxylic acids is 1. The molecule has 1 aromatic carbocycles. The van der Waals surface area contributed by atoms with Crippen LogP contribution in [-0.2, 0) is 10.0 Å². The summed E-state index contributed by atoms with van der Waals surface area (Å²) in [6, 6.07) is 5.70. The molecule has 112 valence electrons.